The van der Waals surface area contributed by atoms with Crippen molar-refractivity contribution in [2.75, 3.05) is 13.2 Å². The maximum Gasteiger partial charge on any atom is 0.397 e. The van der Waals surface area contributed by atoms with E-state index in [4.69, 9.17) is 14.0 Å². The zero-order chi connectivity index (χ0) is 42.2. The summed E-state index contributed by atoms with van der Waals surface area (Å²) in [4.78, 5) is 13.0. The molecule has 0 spiro atoms. The van der Waals surface area contributed by atoms with E-state index in [0.717, 1.165) is 44.9 Å². The van der Waals surface area contributed by atoms with E-state index < -0.39 is 78.5 Å². The first-order chi connectivity index (χ1) is 27.4. The summed E-state index contributed by atoms with van der Waals surface area (Å²) in [5.41, 5.74) is 0. The fourth-order valence-electron chi connectivity index (χ4n) is 7.28. The summed E-state index contributed by atoms with van der Waals surface area (Å²) in [7, 11) is -5.11. The highest BCUT2D eigenvalue weighted by atomic mass is 32.3. The first-order valence-corrected chi connectivity index (χ1v) is 24.0. The normalized spacial score (nSPS) is 21.9. The number of nitrogens with one attached hydrogen (secondary N) is 1. The van der Waals surface area contributed by atoms with Gasteiger partial charge in [0.05, 0.1) is 25.4 Å². The minimum atomic E-state index is -5.11. The van der Waals surface area contributed by atoms with Gasteiger partial charge in [-0.05, 0) is 19.3 Å². The molecule has 13 nitrogen and oxygen atoms in total. The molecule has 0 radical (unpaired) electrons. The summed E-state index contributed by atoms with van der Waals surface area (Å²) in [6.45, 7) is 3.16. The third-order valence-electron chi connectivity index (χ3n) is 10.9. The number of carbonyl (C=O) groups is 1. The van der Waals surface area contributed by atoms with Crippen LogP contribution in [0.4, 0.5) is 0 Å². The highest BCUT2D eigenvalue weighted by Gasteiger charge is 2.48. The molecule has 1 fully saturated rings. The average Bonchev–Trinajstić information content (AvgIpc) is 3.18. The monoisotopic (exact) mass is 838 g/mol. The van der Waals surface area contributed by atoms with Gasteiger partial charge in [-0.25, -0.2) is 4.18 Å². The first kappa shape index (κ1) is 53.8. The van der Waals surface area contributed by atoms with Crippen LogP contribution in [0.1, 0.15) is 194 Å². The maximum absolute atomic E-state index is 13.0. The number of allylic oxidation sites excluding steroid dienone is 1. The number of carbonyl (C=O) groups excluding carboxylic acids is 1. The van der Waals surface area contributed by atoms with E-state index in [2.05, 4.69) is 23.3 Å². The number of aliphatic hydroxyl groups is 5. The molecular formula is C43H83NO12S. The Bertz CT molecular complexity index is 1100. The van der Waals surface area contributed by atoms with Gasteiger partial charge in [0, 0.05) is 0 Å². The van der Waals surface area contributed by atoms with Crippen LogP contribution < -0.4 is 5.32 Å². The van der Waals surface area contributed by atoms with Gasteiger partial charge in [0.1, 0.15) is 30.5 Å². The van der Waals surface area contributed by atoms with Crippen molar-refractivity contribution in [3.05, 3.63) is 12.2 Å². The summed E-state index contributed by atoms with van der Waals surface area (Å²) in [6.07, 6.45) is 24.7. The quantitative estimate of drug-likeness (QED) is 0.0185. The zero-order valence-electron chi connectivity index (χ0n) is 35.5. The number of unbranched alkanes of at least 4 members (excludes halogenated alkanes) is 25. The molecule has 57 heavy (non-hydrogen) atoms. The topological polar surface area (TPSA) is 212 Å². The molecule has 338 valence electrons. The second kappa shape index (κ2) is 34.5. The number of hydrogen-bond acceptors (Lipinski definition) is 11. The van der Waals surface area contributed by atoms with Crippen LogP contribution in [0.25, 0.3) is 0 Å². The summed E-state index contributed by atoms with van der Waals surface area (Å²) in [6, 6.07) is -1.11. The molecule has 0 aromatic carbocycles. The number of ether oxygens (including phenoxy) is 2. The number of rotatable bonds is 38. The lowest BCUT2D eigenvalue weighted by Crippen LogP contribution is -2.61. The van der Waals surface area contributed by atoms with Crippen LogP contribution in [0, 0.1) is 0 Å². The van der Waals surface area contributed by atoms with Gasteiger partial charge < -0.3 is 40.3 Å². The molecule has 1 aliphatic rings. The largest absolute Gasteiger partial charge is 0.397 e. The SMILES string of the molecule is CCCCCCCC/C=C/C(O)C(COC1OC(CO)C(O)C(OS(=O)(=O)O)C1O)NC(=O)C(O)CCCCCCCCCCCCCCCCCCCCCC. The molecule has 8 unspecified atom stereocenters. The van der Waals surface area contributed by atoms with Crippen molar-refractivity contribution in [2.24, 2.45) is 0 Å². The first-order valence-electron chi connectivity index (χ1n) is 22.7. The summed E-state index contributed by atoms with van der Waals surface area (Å²) in [5.74, 6) is -0.703. The molecule has 14 heteroatoms. The second-order valence-corrected chi connectivity index (χ2v) is 17.2. The molecule has 0 saturated carbocycles. The molecule has 1 rings (SSSR count). The van der Waals surface area contributed by atoms with E-state index in [1.807, 2.05) is 0 Å². The van der Waals surface area contributed by atoms with Crippen molar-refractivity contribution >= 4 is 16.3 Å². The van der Waals surface area contributed by atoms with Gasteiger partial charge in [-0.3, -0.25) is 9.35 Å². The molecule has 1 heterocycles. The van der Waals surface area contributed by atoms with Crippen LogP contribution in [0.3, 0.4) is 0 Å². The molecule has 0 aliphatic carbocycles. The van der Waals surface area contributed by atoms with E-state index in [1.54, 1.807) is 6.08 Å². The van der Waals surface area contributed by atoms with Crippen LogP contribution in [0.15, 0.2) is 12.2 Å². The molecule has 0 aromatic heterocycles. The Hall–Kier alpha value is -1.20. The highest BCUT2D eigenvalue weighted by molar-refractivity contribution is 7.80. The molecule has 8 atom stereocenters. The fourth-order valence-corrected chi connectivity index (χ4v) is 7.79. The zero-order valence-corrected chi connectivity index (χ0v) is 36.3. The minimum Gasteiger partial charge on any atom is -0.394 e. The van der Waals surface area contributed by atoms with Crippen molar-refractivity contribution in [3.8, 4) is 0 Å². The van der Waals surface area contributed by atoms with Gasteiger partial charge in [0.25, 0.3) is 0 Å². The van der Waals surface area contributed by atoms with Gasteiger partial charge in [0.15, 0.2) is 6.29 Å². The Morgan fingerprint density at radius 3 is 1.58 bits per heavy atom. The van der Waals surface area contributed by atoms with Crippen LogP contribution in [-0.2, 0) is 28.9 Å². The Kier molecular flexibility index (Phi) is 32.6. The van der Waals surface area contributed by atoms with Crippen molar-refractivity contribution < 1.29 is 57.0 Å². The minimum absolute atomic E-state index is 0.248. The van der Waals surface area contributed by atoms with Gasteiger partial charge in [-0.1, -0.05) is 187 Å². The van der Waals surface area contributed by atoms with Crippen molar-refractivity contribution in [1.82, 2.24) is 5.32 Å². The third kappa shape index (κ3) is 27.3. The second-order valence-electron chi connectivity index (χ2n) is 16.1. The van der Waals surface area contributed by atoms with Crippen molar-refractivity contribution in [3.63, 3.8) is 0 Å². The van der Waals surface area contributed by atoms with Crippen LogP contribution >= 0.6 is 0 Å². The summed E-state index contributed by atoms with van der Waals surface area (Å²) in [5, 5.41) is 54.9. The van der Waals surface area contributed by atoms with E-state index in [-0.39, 0.29) is 6.42 Å². The van der Waals surface area contributed by atoms with Gasteiger partial charge in [-0.15, -0.1) is 0 Å². The van der Waals surface area contributed by atoms with Gasteiger partial charge >= 0.3 is 10.4 Å². The van der Waals surface area contributed by atoms with Gasteiger partial charge in [-0.2, -0.15) is 8.42 Å². The van der Waals surface area contributed by atoms with E-state index in [1.165, 1.54) is 122 Å². The Morgan fingerprint density at radius 1 is 0.702 bits per heavy atom. The fraction of sp³-hybridized carbons (Fsp3) is 0.930. The van der Waals surface area contributed by atoms with Crippen LogP contribution in [-0.4, -0.2) is 107 Å². The smallest absolute Gasteiger partial charge is 0.394 e. The molecule has 1 saturated heterocycles. The molecule has 1 amide bonds. The van der Waals surface area contributed by atoms with Gasteiger partial charge in [0.2, 0.25) is 5.91 Å². The maximum atomic E-state index is 13.0. The number of hydrogen-bond donors (Lipinski definition) is 7. The van der Waals surface area contributed by atoms with Crippen LogP contribution in [0.2, 0.25) is 0 Å². The standard InChI is InChI=1S/C43H83NO12S/c1-3-5-7-9-11-13-14-15-16-17-18-19-20-21-22-23-24-26-28-30-32-37(47)42(50)44-35(36(46)31-29-27-25-12-10-8-6-4-2)34-54-43-40(49)41(56-57(51,52)53)39(48)38(33-45)55-43/h29,31,35-41,43,45-49H,3-28,30,32-34H2,1-2H3,(H,44,50)(H,51,52,53)/b31-29+. The molecule has 0 bridgehead atoms. The number of amides is 1. The van der Waals surface area contributed by atoms with E-state index in [9.17, 15) is 38.7 Å². The highest BCUT2D eigenvalue weighted by Crippen LogP contribution is 2.26. The van der Waals surface area contributed by atoms with Crippen molar-refractivity contribution in [1.29, 1.82) is 0 Å². The predicted octanol–water partition coefficient (Wildman–Crippen LogP) is 7.36. The third-order valence-corrected chi connectivity index (χ3v) is 11.4. The van der Waals surface area contributed by atoms with E-state index in [0.29, 0.717) is 12.8 Å². The lowest BCUT2D eigenvalue weighted by atomic mass is 9.99. The summed E-state index contributed by atoms with van der Waals surface area (Å²) < 4.78 is 47.3. The molecule has 0 aromatic rings. The average molecular weight is 838 g/mol. The molecule has 7 N–H and O–H groups in total. The van der Waals surface area contributed by atoms with Crippen molar-refractivity contribution in [2.45, 2.75) is 243 Å². The van der Waals surface area contributed by atoms with Crippen LogP contribution in [0.5, 0.6) is 0 Å². The Balaban J connectivity index is 2.46. The Morgan fingerprint density at radius 2 is 1.14 bits per heavy atom. The lowest BCUT2D eigenvalue weighted by molar-refractivity contribution is -0.298. The summed E-state index contributed by atoms with van der Waals surface area (Å²) >= 11 is 0. The molecular weight excluding hydrogens is 755 g/mol. The number of aliphatic hydroxyl groups excluding tert-OH is 5. The lowest BCUT2D eigenvalue weighted by Gasteiger charge is -2.41. The predicted molar refractivity (Wildman–Crippen MR) is 224 cm³/mol. The van der Waals surface area contributed by atoms with E-state index >= 15 is 0 Å². The molecule has 1 aliphatic heterocycles. The Labute approximate surface area is 345 Å².